The minimum absolute atomic E-state index is 0.219. The van der Waals surface area contributed by atoms with Crippen molar-refractivity contribution in [2.24, 2.45) is 7.05 Å². The lowest BCUT2D eigenvalue weighted by Gasteiger charge is -2.06. The summed E-state index contributed by atoms with van der Waals surface area (Å²) in [5.74, 6) is -0.889. The van der Waals surface area contributed by atoms with E-state index >= 15 is 0 Å². The van der Waals surface area contributed by atoms with E-state index < -0.39 is 5.82 Å². The second-order valence-electron chi connectivity index (χ2n) is 3.88. The highest BCUT2D eigenvalue weighted by Crippen LogP contribution is 2.19. The van der Waals surface area contributed by atoms with Crippen LogP contribution in [0.25, 0.3) is 0 Å². The van der Waals surface area contributed by atoms with Crippen molar-refractivity contribution in [3.05, 3.63) is 47.0 Å². The summed E-state index contributed by atoms with van der Waals surface area (Å²) in [6, 6.07) is 5.36. The number of nitrogens with two attached hydrogens (primary N) is 1. The molecule has 0 saturated carbocycles. The number of halogens is 2. The van der Waals surface area contributed by atoms with Gasteiger partial charge in [0.25, 0.3) is 5.91 Å². The molecular weight excluding hydrogens is 257 g/mol. The highest BCUT2D eigenvalue weighted by atomic mass is 35.5. The van der Waals surface area contributed by atoms with Gasteiger partial charge in [-0.3, -0.25) is 4.79 Å². The Kier molecular flexibility index (Phi) is 3.25. The molecule has 3 N–H and O–H groups in total. The fourth-order valence-electron chi connectivity index (χ4n) is 1.64. The number of hydrogen-bond acceptors (Lipinski definition) is 2. The van der Waals surface area contributed by atoms with Crippen LogP contribution in [0.5, 0.6) is 0 Å². The predicted octanol–water partition coefficient (Wildman–Crippen LogP) is 2.65. The first kappa shape index (κ1) is 12.4. The molecule has 0 unspecified atom stereocenters. The van der Waals surface area contributed by atoms with Crippen molar-refractivity contribution in [2.45, 2.75) is 0 Å². The summed E-state index contributed by atoms with van der Waals surface area (Å²) in [4.78, 5) is 11.9. The molecule has 0 saturated heterocycles. The zero-order valence-electron chi connectivity index (χ0n) is 9.58. The number of aromatic nitrogens is 1. The van der Waals surface area contributed by atoms with Gasteiger partial charge in [0.15, 0.2) is 0 Å². The van der Waals surface area contributed by atoms with E-state index in [1.165, 1.54) is 18.2 Å². The Balaban J connectivity index is 2.23. The van der Waals surface area contributed by atoms with Crippen molar-refractivity contribution in [3.8, 4) is 0 Å². The van der Waals surface area contributed by atoms with Gasteiger partial charge in [0.2, 0.25) is 0 Å². The van der Waals surface area contributed by atoms with Crippen LogP contribution in [-0.2, 0) is 7.05 Å². The maximum atomic E-state index is 13.1. The number of nitrogens with zero attached hydrogens (tertiary/aromatic N) is 1. The van der Waals surface area contributed by atoms with Crippen LogP contribution in [0.2, 0.25) is 5.02 Å². The lowest BCUT2D eigenvalue weighted by molar-refractivity contribution is 0.101. The summed E-state index contributed by atoms with van der Waals surface area (Å²) in [6.45, 7) is 0. The van der Waals surface area contributed by atoms with E-state index in [4.69, 9.17) is 17.3 Å². The summed E-state index contributed by atoms with van der Waals surface area (Å²) >= 11 is 5.70. The average Bonchev–Trinajstić information content (AvgIpc) is 2.56. The zero-order chi connectivity index (χ0) is 13.3. The molecule has 1 heterocycles. The van der Waals surface area contributed by atoms with Crippen LogP contribution in [-0.4, -0.2) is 10.5 Å². The third-order valence-corrected chi connectivity index (χ3v) is 2.60. The molecule has 0 spiro atoms. The van der Waals surface area contributed by atoms with Gasteiger partial charge in [-0.2, -0.15) is 0 Å². The number of amides is 1. The normalized spacial score (nSPS) is 10.4. The Hall–Kier alpha value is -2.01. The number of benzene rings is 1. The molecule has 0 aliphatic rings. The molecule has 2 aromatic rings. The first-order valence-corrected chi connectivity index (χ1v) is 5.53. The number of nitrogens with one attached hydrogen (secondary N) is 1. The third kappa shape index (κ3) is 2.62. The fraction of sp³-hybridized carbons (Fsp3) is 0.0833. The minimum atomic E-state index is -0.510. The van der Waals surface area contributed by atoms with Crippen molar-refractivity contribution < 1.29 is 9.18 Å². The van der Waals surface area contributed by atoms with Gasteiger partial charge in [0, 0.05) is 24.0 Å². The van der Waals surface area contributed by atoms with Crippen molar-refractivity contribution in [3.63, 3.8) is 0 Å². The van der Waals surface area contributed by atoms with Crippen LogP contribution in [0.3, 0.4) is 0 Å². The largest absolute Gasteiger partial charge is 0.397 e. The molecule has 0 aliphatic carbocycles. The van der Waals surface area contributed by atoms with Gasteiger partial charge in [0.1, 0.15) is 11.5 Å². The minimum Gasteiger partial charge on any atom is -0.397 e. The van der Waals surface area contributed by atoms with E-state index in [2.05, 4.69) is 5.32 Å². The van der Waals surface area contributed by atoms with Crippen LogP contribution in [0, 0.1) is 5.82 Å². The number of anilines is 2. The van der Waals surface area contributed by atoms with E-state index in [1.54, 1.807) is 17.8 Å². The monoisotopic (exact) mass is 267 g/mol. The second kappa shape index (κ2) is 4.70. The fourth-order valence-corrected chi connectivity index (χ4v) is 1.86. The van der Waals surface area contributed by atoms with Gasteiger partial charge in [-0.15, -0.1) is 0 Å². The topological polar surface area (TPSA) is 60.0 Å². The number of hydrogen-bond donors (Lipinski definition) is 2. The van der Waals surface area contributed by atoms with Crippen LogP contribution >= 0.6 is 11.6 Å². The van der Waals surface area contributed by atoms with Gasteiger partial charge in [-0.05, 0) is 24.3 Å². The lowest BCUT2D eigenvalue weighted by Crippen LogP contribution is -2.15. The van der Waals surface area contributed by atoms with E-state index in [1.807, 2.05) is 0 Å². The Morgan fingerprint density at radius 3 is 2.67 bits per heavy atom. The van der Waals surface area contributed by atoms with E-state index in [-0.39, 0.29) is 10.9 Å². The molecule has 0 atom stereocenters. The van der Waals surface area contributed by atoms with Crippen molar-refractivity contribution in [2.75, 3.05) is 11.1 Å². The summed E-state index contributed by atoms with van der Waals surface area (Å²) in [6.07, 6.45) is 1.62. The maximum Gasteiger partial charge on any atom is 0.272 e. The molecular formula is C12H11ClFN3O. The molecule has 94 valence electrons. The highest BCUT2D eigenvalue weighted by Gasteiger charge is 2.11. The predicted molar refractivity (Wildman–Crippen MR) is 69.2 cm³/mol. The van der Waals surface area contributed by atoms with Crippen molar-refractivity contribution >= 4 is 28.9 Å². The number of carbonyl (C=O) groups is 1. The smallest absolute Gasteiger partial charge is 0.272 e. The van der Waals surface area contributed by atoms with Gasteiger partial charge >= 0.3 is 0 Å². The Bertz CT molecular complexity index is 589. The van der Waals surface area contributed by atoms with Gasteiger partial charge in [-0.1, -0.05) is 11.6 Å². The first-order chi connectivity index (χ1) is 8.45. The number of nitrogen functional groups attached to an aromatic ring is 1. The van der Waals surface area contributed by atoms with E-state index in [0.717, 1.165) is 6.07 Å². The van der Waals surface area contributed by atoms with Crippen LogP contribution in [0.1, 0.15) is 10.5 Å². The molecule has 0 bridgehead atoms. The Morgan fingerprint density at radius 2 is 2.11 bits per heavy atom. The Labute approximate surface area is 108 Å². The molecule has 6 heteroatoms. The molecule has 18 heavy (non-hydrogen) atoms. The maximum absolute atomic E-state index is 13.1. The number of rotatable bonds is 2. The standard InChI is InChI=1S/C12H11ClFN3O/c1-17-6-9(15)5-11(17)12(18)16-10-3-7(13)2-8(14)4-10/h2-6H,15H2,1H3,(H,16,18). The van der Waals surface area contributed by atoms with Gasteiger partial charge in [0.05, 0.1) is 5.69 Å². The van der Waals surface area contributed by atoms with E-state index in [9.17, 15) is 9.18 Å². The quantitative estimate of drug-likeness (QED) is 0.879. The molecule has 4 nitrogen and oxygen atoms in total. The average molecular weight is 268 g/mol. The summed E-state index contributed by atoms with van der Waals surface area (Å²) in [7, 11) is 1.70. The molecule has 1 amide bonds. The molecule has 0 fully saturated rings. The molecule has 2 rings (SSSR count). The molecule has 0 radical (unpaired) electrons. The molecule has 0 aliphatic heterocycles. The summed E-state index contributed by atoms with van der Waals surface area (Å²) in [5, 5.41) is 2.77. The van der Waals surface area contributed by atoms with Crippen LogP contribution < -0.4 is 11.1 Å². The van der Waals surface area contributed by atoms with E-state index in [0.29, 0.717) is 17.1 Å². The van der Waals surface area contributed by atoms with Crippen LogP contribution in [0.4, 0.5) is 15.8 Å². The third-order valence-electron chi connectivity index (χ3n) is 2.38. The Morgan fingerprint density at radius 1 is 1.39 bits per heavy atom. The first-order valence-electron chi connectivity index (χ1n) is 5.15. The van der Waals surface area contributed by atoms with Crippen LogP contribution in [0.15, 0.2) is 30.5 Å². The molecule has 1 aromatic carbocycles. The number of aryl methyl sites for hydroxylation is 1. The van der Waals surface area contributed by atoms with Crippen molar-refractivity contribution in [1.29, 1.82) is 0 Å². The summed E-state index contributed by atoms with van der Waals surface area (Å²) < 4.78 is 14.7. The summed E-state index contributed by atoms with van der Waals surface area (Å²) in [5.41, 5.74) is 6.74. The molecule has 1 aromatic heterocycles. The second-order valence-corrected chi connectivity index (χ2v) is 4.32. The van der Waals surface area contributed by atoms with Crippen molar-refractivity contribution in [1.82, 2.24) is 4.57 Å². The lowest BCUT2D eigenvalue weighted by atomic mass is 10.3. The van der Waals surface area contributed by atoms with Gasteiger partial charge < -0.3 is 15.6 Å². The SMILES string of the molecule is Cn1cc(N)cc1C(=O)Nc1cc(F)cc(Cl)c1. The highest BCUT2D eigenvalue weighted by molar-refractivity contribution is 6.31. The van der Waals surface area contributed by atoms with Gasteiger partial charge in [-0.25, -0.2) is 4.39 Å². The number of carbonyl (C=O) groups excluding carboxylic acids is 1. The zero-order valence-corrected chi connectivity index (χ0v) is 10.3.